The maximum Gasteiger partial charge on any atom is 0.191 e. The average molecular weight is 315 g/mol. The van der Waals surface area contributed by atoms with Crippen molar-refractivity contribution in [3.05, 3.63) is 0 Å². The van der Waals surface area contributed by atoms with Crippen molar-refractivity contribution in [1.29, 1.82) is 0 Å². The Kier molecular flexibility index (Phi) is 10.8. The van der Waals surface area contributed by atoms with Crippen LogP contribution in [0.25, 0.3) is 0 Å². The van der Waals surface area contributed by atoms with Gasteiger partial charge in [0.2, 0.25) is 0 Å². The fourth-order valence-corrected chi connectivity index (χ4v) is 3.01. The van der Waals surface area contributed by atoms with E-state index in [1.54, 1.807) is 0 Å². The van der Waals surface area contributed by atoms with Crippen molar-refractivity contribution >= 4 is 17.7 Å². The number of guanidine groups is 1. The van der Waals surface area contributed by atoms with E-state index >= 15 is 0 Å². The Morgan fingerprint density at radius 1 is 1.24 bits per heavy atom. The Balaban J connectivity index is 2.28. The van der Waals surface area contributed by atoms with Gasteiger partial charge in [0.15, 0.2) is 5.96 Å². The molecule has 0 aliphatic carbocycles. The van der Waals surface area contributed by atoms with E-state index < -0.39 is 0 Å². The molecule has 0 atom stereocenters. The second-order valence-corrected chi connectivity index (χ2v) is 6.71. The summed E-state index contributed by atoms with van der Waals surface area (Å²) < 4.78 is 0. The highest BCUT2D eigenvalue weighted by molar-refractivity contribution is 7.98. The van der Waals surface area contributed by atoms with Crippen LogP contribution in [0.2, 0.25) is 0 Å². The van der Waals surface area contributed by atoms with Gasteiger partial charge in [-0.15, -0.1) is 0 Å². The van der Waals surface area contributed by atoms with E-state index in [9.17, 15) is 0 Å². The predicted octanol–water partition coefficient (Wildman–Crippen LogP) is 2.56. The van der Waals surface area contributed by atoms with Gasteiger partial charge in [0, 0.05) is 32.2 Å². The minimum atomic E-state index is 0.584. The van der Waals surface area contributed by atoms with Crippen LogP contribution in [0.5, 0.6) is 0 Å². The van der Waals surface area contributed by atoms with Crippen LogP contribution in [0, 0.1) is 0 Å². The number of nitrogens with zero attached hydrogens (tertiary/aromatic N) is 2. The summed E-state index contributed by atoms with van der Waals surface area (Å²) in [6.45, 7) is 9.98. The highest BCUT2D eigenvalue weighted by atomic mass is 32.2. The van der Waals surface area contributed by atoms with Crippen molar-refractivity contribution in [2.24, 2.45) is 4.99 Å². The number of thioether (sulfide) groups is 1. The molecular formula is C16H34N4S. The zero-order chi connectivity index (χ0) is 15.3. The lowest BCUT2D eigenvalue weighted by Crippen LogP contribution is -2.48. The van der Waals surface area contributed by atoms with Gasteiger partial charge in [-0.3, -0.25) is 4.99 Å². The zero-order valence-corrected chi connectivity index (χ0v) is 15.0. The highest BCUT2D eigenvalue weighted by Crippen LogP contribution is 2.11. The number of hydrogen-bond acceptors (Lipinski definition) is 3. The van der Waals surface area contributed by atoms with Gasteiger partial charge in [-0.25, -0.2) is 0 Å². The van der Waals surface area contributed by atoms with Crippen molar-refractivity contribution in [3.63, 3.8) is 0 Å². The number of aliphatic imine (C=N–C) groups is 1. The standard InChI is InChI=1S/C16H34N4S/c1-4-6-11-20-12-8-15(9-13-20)19-16(17-5-2)18-10-7-14-21-3/h15H,4-14H2,1-3H3,(H2,17,18,19). The lowest BCUT2D eigenvalue weighted by Gasteiger charge is -2.33. The molecule has 1 heterocycles. The molecule has 0 aromatic heterocycles. The van der Waals surface area contributed by atoms with E-state index in [1.807, 2.05) is 11.8 Å². The normalized spacial score (nSPS) is 18.0. The molecule has 0 spiro atoms. The first kappa shape index (κ1) is 18.6. The van der Waals surface area contributed by atoms with Crippen LogP contribution in [0.15, 0.2) is 4.99 Å². The van der Waals surface area contributed by atoms with Crippen LogP contribution < -0.4 is 10.6 Å². The molecule has 4 nitrogen and oxygen atoms in total. The van der Waals surface area contributed by atoms with Gasteiger partial charge in [0.25, 0.3) is 0 Å². The van der Waals surface area contributed by atoms with Crippen LogP contribution in [-0.2, 0) is 0 Å². The molecule has 0 unspecified atom stereocenters. The van der Waals surface area contributed by atoms with Crippen molar-refractivity contribution in [2.45, 2.75) is 52.0 Å². The van der Waals surface area contributed by atoms with Crippen LogP contribution in [0.1, 0.15) is 46.0 Å². The fourth-order valence-electron chi connectivity index (χ4n) is 2.60. The van der Waals surface area contributed by atoms with Crippen LogP contribution in [0.3, 0.4) is 0 Å². The highest BCUT2D eigenvalue weighted by Gasteiger charge is 2.19. The maximum atomic E-state index is 4.68. The van der Waals surface area contributed by atoms with Crippen LogP contribution in [0.4, 0.5) is 0 Å². The van der Waals surface area contributed by atoms with E-state index in [1.165, 1.54) is 51.1 Å². The summed E-state index contributed by atoms with van der Waals surface area (Å²) in [5.41, 5.74) is 0. The summed E-state index contributed by atoms with van der Waals surface area (Å²) in [5.74, 6) is 2.20. The number of hydrogen-bond donors (Lipinski definition) is 2. The van der Waals surface area contributed by atoms with Gasteiger partial charge in [0.05, 0.1) is 0 Å². The van der Waals surface area contributed by atoms with E-state index in [4.69, 9.17) is 0 Å². The molecule has 0 radical (unpaired) electrons. The molecular weight excluding hydrogens is 280 g/mol. The predicted molar refractivity (Wildman–Crippen MR) is 96.5 cm³/mol. The Morgan fingerprint density at radius 3 is 2.62 bits per heavy atom. The zero-order valence-electron chi connectivity index (χ0n) is 14.2. The summed E-state index contributed by atoms with van der Waals surface area (Å²) >= 11 is 1.89. The summed E-state index contributed by atoms with van der Waals surface area (Å²) in [6, 6.07) is 0.584. The van der Waals surface area contributed by atoms with Crippen LogP contribution >= 0.6 is 11.8 Å². The quantitative estimate of drug-likeness (QED) is 0.390. The molecule has 124 valence electrons. The number of unbranched alkanes of at least 4 members (excludes halogenated alkanes) is 1. The molecule has 1 aliphatic rings. The van der Waals surface area contributed by atoms with Crippen molar-refractivity contribution in [2.75, 3.05) is 44.7 Å². The Hall–Kier alpha value is -0.420. The fraction of sp³-hybridized carbons (Fsp3) is 0.938. The first-order valence-electron chi connectivity index (χ1n) is 8.56. The number of nitrogens with one attached hydrogen (secondary N) is 2. The lowest BCUT2D eigenvalue weighted by atomic mass is 10.0. The second-order valence-electron chi connectivity index (χ2n) is 5.72. The lowest BCUT2D eigenvalue weighted by molar-refractivity contribution is 0.203. The van der Waals surface area contributed by atoms with E-state index in [-0.39, 0.29) is 0 Å². The summed E-state index contributed by atoms with van der Waals surface area (Å²) in [6.07, 6.45) is 8.41. The number of likely N-dealkylation sites (tertiary alicyclic amines) is 1. The summed E-state index contributed by atoms with van der Waals surface area (Å²) in [4.78, 5) is 7.28. The van der Waals surface area contributed by atoms with Gasteiger partial charge in [-0.2, -0.15) is 11.8 Å². The van der Waals surface area contributed by atoms with Gasteiger partial charge < -0.3 is 15.5 Å². The molecule has 5 heteroatoms. The Labute approximate surface area is 135 Å². The largest absolute Gasteiger partial charge is 0.357 e. The second kappa shape index (κ2) is 12.2. The van der Waals surface area contributed by atoms with Gasteiger partial charge >= 0.3 is 0 Å². The molecule has 0 aromatic rings. The third kappa shape index (κ3) is 8.57. The first-order chi connectivity index (χ1) is 10.3. The summed E-state index contributed by atoms with van der Waals surface area (Å²) in [7, 11) is 0. The molecule has 1 fully saturated rings. The molecule has 2 N–H and O–H groups in total. The number of piperidine rings is 1. The first-order valence-corrected chi connectivity index (χ1v) is 9.95. The summed E-state index contributed by atoms with van der Waals surface area (Å²) in [5, 5.41) is 6.99. The minimum Gasteiger partial charge on any atom is -0.357 e. The molecule has 0 saturated carbocycles. The molecule has 21 heavy (non-hydrogen) atoms. The van der Waals surface area contributed by atoms with E-state index in [2.05, 4.69) is 40.6 Å². The average Bonchev–Trinajstić information content (AvgIpc) is 2.51. The number of rotatable bonds is 9. The maximum absolute atomic E-state index is 4.68. The molecule has 1 saturated heterocycles. The van der Waals surface area contributed by atoms with Crippen molar-refractivity contribution in [3.8, 4) is 0 Å². The van der Waals surface area contributed by atoms with Crippen molar-refractivity contribution < 1.29 is 0 Å². The molecule has 0 amide bonds. The van der Waals surface area contributed by atoms with Gasteiger partial charge in [0.1, 0.15) is 0 Å². The molecule has 0 bridgehead atoms. The van der Waals surface area contributed by atoms with E-state index in [0.717, 1.165) is 25.5 Å². The third-order valence-electron chi connectivity index (χ3n) is 3.88. The van der Waals surface area contributed by atoms with Crippen molar-refractivity contribution in [1.82, 2.24) is 15.5 Å². The smallest absolute Gasteiger partial charge is 0.191 e. The third-order valence-corrected chi connectivity index (χ3v) is 4.57. The van der Waals surface area contributed by atoms with Gasteiger partial charge in [-0.05, 0) is 51.2 Å². The van der Waals surface area contributed by atoms with E-state index in [0.29, 0.717) is 6.04 Å². The molecule has 0 aromatic carbocycles. The monoisotopic (exact) mass is 314 g/mol. The molecule has 1 aliphatic heterocycles. The Bertz CT molecular complexity index is 275. The topological polar surface area (TPSA) is 39.7 Å². The SMILES string of the molecule is CCCCN1CCC(NC(=NCCCSC)NCC)CC1. The van der Waals surface area contributed by atoms with Gasteiger partial charge in [-0.1, -0.05) is 13.3 Å². The van der Waals surface area contributed by atoms with Crippen LogP contribution in [-0.4, -0.2) is 61.6 Å². The Morgan fingerprint density at radius 2 is 2.00 bits per heavy atom. The molecule has 1 rings (SSSR count). The minimum absolute atomic E-state index is 0.584.